The van der Waals surface area contributed by atoms with Crippen LogP contribution in [0.25, 0.3) is 0 Å². The smallest absolute Gasteiger partial charge is 0.264 e. The summed E-state index contributed by atoms with van der Waals surface area (Å²) in [6.45, 7) is 4.65. The minimum Gasteiger partial charge on any atom is -0.365 e. The zero-order chi connectivity index (χ0) is 15.9. The van der Waals surface area contributed by atoms with Crippen LogP contribution in [0.1, 0.15) is 55.2 Å². The van der Waals surface area contributed by atoms with Crippen LogP contribution in [0.4, 0.5) is 0 Å². The number of hydrogen-bond acceptors (Lipinski definition) is 4. The minimum atomic E-state index is -0.497. The molecule has 1 aliphatic heterocycles. The molecule has 1 saturated heterocycles. The van der Waals surface area contributed by atoms with Crippen molar-refractivity contribution in [1.29, 1.82) is 0 Å². The van der Waals surface area contributed by atoms with Crippen molar-refractivity contribution < 1.29 is 9.59 Å². The largest absolute Gasteiger partial charge is 0.365 e. The fourth-order valence-electron chi connectivity index (χ4n) is 3.09. The third-order valence-corrected chi connectivity index (χ3v) is 5.18. The number of carbonyl (C=O) groups excluding carboxylic acids is 2. The van der Waals surface area contributed by atoms with Gasteiger partial charge in [0.15, 0.2) is 0 Å². The van der Waals surface area contributed by atoms with Crippen LogP contribution in [0, 0.1) is 13.8 Å². The maximum Gasteiger partial charge on any atom is 0.264 e. The van der Waals surface area contributed by atoms with E-state index in [0.717, 1.165) is 47.7 Å². The first kappa shape index (κ1) is 14.8. The summed E-state index contributed by atoms with van der Waals surface area (Å²) in [6, 6.07) is 3.34. The van der Waals surface area contributed by atoms with Gasteiger partial charge < -0.3 is 10.6 Å². The fraction of sp³-hybridized carbons (Fsp3) is 0.400. The van der Waals surface area contributed by atoms with Crippen molar-refractivity contribution in [3.05, 3.63) is 38.8 Å². The molecule has 7 heteroatoms. The number of nitrogens with one attached hydrogen (secondary N) is 1. The van der Waals surface area contributed by atoms with E-state index in [0.29, 0.717) is 9.75 Å². The molecule has 2 aromatic rings. The number of amides is 2. The average Bonchev–Trinajstić information content (AvgIpc) is 3.18. The van der Waals surface area contributed by atoms with Crippen LogP contribution in [0.5, 0.6) is 0 Å². The van der Waals surface area contributed by atoms with Crippen LogP contribution in [-0.4, -0.2) is 33.5 Å². The molecular formula is C15H18N4O2S. The highest BCUT2D eigenvalue weighted by molar-refractivity contribution is 7.15. The van der Waals surface area contributed by atoms with Crippen molar-refractivity contribution in [1.82, 2.24) is 15.1 Å². The van der Waals surface area contributed by atoms with Gasteiger partial charge in [-0.25, -0.2) is 0 Å². The lowest BCUT2D eigenvalue weighted by molar-refractivity contribution is 0.0740. The van der Waals surface area contributed by atoms with E-state index >= 15 is 0 Å². The molecule has 0 spiro atoms. The summed E-state index contributed by atoms with van der Waals surface area (Å²) < 4.78 is 0. The molecule has 0 radical (unpaired) electrons. The molecule has 0 aliphatic carbocycles. The zero-order valence-corrected chi connectivity index (χ0v) is 13.4. The van der Waals surface area contributed by atoms with E-state index in [1.165, 1.54) is 0 Å². The number of primary amides is 1. The highest BCUT2D eigenvalue weighted by atomic mass is 32.1. The Kier molecular flexibility index (Phi) is 3.74. The lowest BCUT2D eigenvalue weighted by atomic mass is 10.0. The molecule has 1 atom stereocenters. The number of thiophene rings is 1. The maximum absolute atomic E-state index is 12.8. The number of aryl methyl sites for hydroxylation is 2. The van der Waals surface area contributed by atoms with E-state index in [9.17, 15) is 9.59 Å². The van der Waals surface area contributed by atoms with Crippen LogP contribution < -0.4 is 5.73 Å². The Hall–Kier alpha value is -2.15. The predicted octanol–water partition coefficient (Wildman–Crippen LogP) is 2.16. The lowest BCUT2D eigenvalue weighted by Crippen LogP contribution is -2.30. The zero-order valence-electron chi connectivity index (χ0n) is 12.5. The van der Waals surface area contributed by atoms with Gasteiger partial charge in [-0.05, 0) is 38.8 Å². The first-order chi connectivity index (χ1) is 10.5. The molecule has 2 aromatic heterocycles. The number of nitrogens with zero attached hydrogens (tertiary/aromatic N) is 2. The Bertz CT molecular complexity index is 714. The highest BCUT2D eigenvalue weighted by Gasteiger charge is 2.34. The molecule has 1 fully saturated rings. The third-order valence-electron chi connectivity index (χ3n) is 4.09. The van der Waals surface area contributed by atoms with Gasteiger partial charge >= 0.3 is 0 Å². The summed E-state index contributed by atoms with van der Waals surface area (Å²) >= 11 is 1.15. The second kappa shape index (κ2) is 5.57. The van der Waals surface area contributed by atoms with E-state index < -0.39 is 5.91 Å². The minimum absolute atomic E-state index is 0.0417. The van der Waals surface area contributed by atoms with Gasteiger partial charge in [-0.15, -0.1) is 11.3 Å². The molecule has 0 saturated carbocycles. The molecule has 0 aromatic carbocycles. The van der Waals surface area contributed by atoms with E-state index in [2.05, 4.69) is 10.2 Å². The number of aromatic amines is 1. The normalized spacial score (nSPS) is 17.9. The van der Waals surface area contributed by atoms with Crippen LogP contribution in [-0.2, 0) is 0 Å². The van der Waals surface area contributed by atoms with Crippen LogP contribution in [0.15, 0.2) is 12.1 Å². The Morgan fingerprint density at radius 1 is 1.36 bits per heavy atom. The number of rotatable bonds is 3. The van der Waals surface area contributed by atoms with Crippen molar-refractivity contribution in [2.45, 2.75) is 32.7 Å². The maximum atomic E-state index is 12.8. The molecule has 0 bridgehead atoms. The number of H-pyrrole nitrogens is 1. The van der Waals surface area contributed by atoms with Crippen LogP contribution in [0.3, 0.4) is 0 Å². The summed E-state index contributed by atoms with van der Waals surface area (Å²) in [5.74, 6) is -0.538. The average molecular weight is 318 g/mol. The quantitative estimate of drug-likeness (QED) is 0.908. The standard InChI is InChI=1S/C15H18N4O2S/c1-8-13(9(2)18-17-8)10-4-3-7-19(10)15(21)12-6-5-11(22-12)14(16)20/h5-6,10H,3-4,7H2,1-2H3,(H2,16,20)(H,17,18). The Morgan fingerprint density at radius 3 is 2.68 bits per heavy atom. The summed E-state index contributed by atoms with van der Waals surface area (Å²) in [6.07, 6.45) is 1.90. The van der Waals surface area contributed by atoms with Gasteiger partial charge in [-0.3, -0.25) is 14.7 Å². The number of nitrogens with two attached hydrogens (primary N) is 1. The van der Waals surface area contributed by atoms with Gasteiger partial charge in [-0.1, -0.05) is 0 Å². The Balaban J connectivity index is 1.89. The molecule has 3 N–H and O–H groups in total. The van der Waals surface area contributed by atoms with Gasteiger partial charge in [0, 0.05) is 17.8 Å². The third kappa shape index (κ3) is 2.41. The molecule has 1 aliphatic rings. The second-order valence-corrected chi connectivity index (χ2v) is 6.62. The molecule has 1 unspecified atom stereocenters. The van der Waals surface area contributed by atoms with Crippen LogP contribution >= 0.6 is 11.3 Å². The van der Waals surface area contributed by atoms with Gasteiger partial charge in [0.2, 0.25) is 0 Å². The topological polar surface area (TPSA) is 92.1 Å². The first-order valence-corrected chi connectivity index (χ1v) is 8.02. The summed E-state index contributed by atoms with van der Waals surface area (Å²) in [5, 5.41) is 7.22. The fourth-order valence-corrected chi connectivity index (χ4v) is 3.90. The number of likely N-dealkylation sites (tertiary alicyclic amines) is 1. The SMILES string of the molecule is Cc1n[nH]c(C)c1C1CCCN1C(=O)c1ccc(C(N)=O)s1. The van der Waals surface area contributed by atoms with Gasteiger partial charge in [0.05, 0.1) is 21.5 Å². The molecule has 2 amide bonds. The van der Waals surface area contributed by atoms with Gasteiger partial charge in [0.1, 0.15) is 0 Å². The van der Waals surface area contributed by atoms with Crippen molar-refractivity contribution in [3.63, 3.8) is 0 Å². The van der Waals surface area contributed by atoms with Crippen molar-refractivity contribution in [2.75, 3.05) is 6.54 Å². The molecular weight excluding hydrogens is 300 g/mol. The monoisotopic (exact) mass is 318 g/mol. The summed E-state index contributed by atoms with van der Waals surface area (Å²) in [7, 11) is 0. The number of carbonyl (C=O) groups is 2. The van der Waals surface area contributed by atoms with Crippen molar-refractivity contribution >= 4 is 23.2 Å². The van der Waals surface area contributed by atoms with E-state index in [1.807, 2.05) is 18.7 Å². The number of hydrogen-bond donors (Lipinski definition) is 2. The van der Waals surface area contributed by atoms with Crippen molar-refractivity contribution in [2.24, 2.45) is 5.73 Å². The molecule has 3 rings (SSSR count). The second-order valence-electron chi connectivity index (χ2n) is 5.53. The van der Waals surface area contributed by atoms with Gasteiger partial charge in [0.25, 0.3) is 11.8 Å². The van der Waals surface area contributed by atoms with Crippen LogP contribution in [0.2, 0.25) is 0 Å². The lowest BCUT2D eigenvalue weighted by Gasteiger charge is -2.24. The summed E-state index contributed by atoms with van der Waals surface area (Å²) in [5.41, 5.74) is 8.31. The Labute approximate surface area is 132 Å². The number of aromatic nitrogens is 2. The highest BCUT2D eigenvalue weighted by Crippen LogP contribution is 2.36. The van der Waals surface area contributed by atoms with E-state index in [-0.39, 0.29) is 11.9 Å². The molecule has 6 nitrogen and oxygen atoms in total. The van der Waals surface area contributed by atoms with E-state index in [1.54, 1.807) is 12.1 Å². The molecule has 3 heterocycles. The van der Waals surface area contributed by atoms with E-state index in [4.69, 9.17) is 5.73 Å². The summed E-state index contributed by atoms with van der Waals surface area (Å²) in [4.78, 5) is 26.8. The van der Waals surface area contributed by atoms with Crippen molar-refractivity contribution in [3.8, 4) is 0 Å². The Morgan fingerprint density at radius 2 is 2.09 bits per heavy atom. The van der Waals surface area contributed by atoms with Gasteiger partial charge in [-0.2, -0.15) is 5.10 Å². The predicted molar refractivity (Wildman–Crippen MR) is 83.9 cm³/mol. The molecule has 22 heavy (non-hydrogen) atoms. The first-order valence-electron chi connectivity index (χ1n) is 7.21. The molecule has 116 valence electrons.